The molecule has 0 aliphatic carbocycles. The van der Waals surface area contributed by atoms with E-state index < -0.39 is 0 Å². The SMILES string of the molecule is CCC(CC(N)=S)N1CC(C)CC(C)C1C. The summed E-state index contributed by atoms with van der Waals surface area (Å²) in [7, 11) is 0. The van der Waals surface area contributed by atoms with Gasteiger partial charge in [-0.05, 0) is 31.6 Å². The molecule has 3 heteroatoms. The second kappa shape index (κ2) is 5.97. The number of nitrogens with two attached hydrogens (primary N) is 1. The highest BCUT2D eigenvalue weighted by molar-refractivity contribution is 7.80. The summed E-state index contributed by atoms with van der Waals surface area (Å²) in [4.78, 5) is 3.28. The number of hydrogen-bond acceptors (Lipinski definition) is 2. The Kier molecular flexibility index (Phi) is 5.19. The Balaban J connectivity index is 2.70. The first-order valence-electron chi connectivity index (χ1n) is 6.49. The first-order valence-corrected chi connectivity index (χ1v) is 6.90. The minimum Gasteiger partial charge on any atom is -0.393 e. The van der Waals surface area contributed by atoms with Gasteiger partial charge in [-0.3, -0.25) is 4.90 Å². The molecule has 2 nitrogen and oxygen atoms in total. The molecule has 4 unspecified atom stereocenters. The fraction of sp³-hybridized carbons (Fsp3) is 0.923. The average Bonchev–Trinajstić information content (AvgIpc) is 2.20. The lowest BCUT2D eigenvalue weighted by molar-refractivity contribution is 0.0411. The maximum atomic E-state index is 5.70. The highest BCUT2D eigenvalue weighted by Gasteiger charge is 2.32. The van der Waals surface area contributed by atoms with E-state index in [1.165, 1.54) is 13.0 Å². The van der Waals surface area contributed by atoms with E-state index in [1.54, 1.807) is 0 Å². The fourth-order valence-electron chi connectivity index (χ4n) is 2.97. The summed E-state index contributed by atoms with van der Waals surface area (Å²) in [6, 6.07) is 1.20. The second-order valence-electron chi connectivity index (χ2n) is 5.49. The molecule has 16 heavy (non-hydrogen) atoms. The van der Waals surface area contributed by atoms with E-state index in [4.69, 9.17) is 18.0 Å². The Bertz CT molecular complexity index is 242. The lowest BCUT2D eigenvalue weighted by Gasteiger charge is -2.45. The van der Waals surface area contributed by atoms with Gasteiger partial charge in [-0.25, -0.2) is 0 Å². The molecule has 1 rings (SSSR count). The van der Waals surface area contributed by atoms with E-state index >= 15 is 0 Å². The molecule has 0 radical (unpaired) electrons. The Morgan fingerprint density at radius 1 is 1.44 bits per heavy atom. The minimum atomic E-state index is 0.540. The van der Waals surface area contributed by atoms with Gasteiger partial charge >= 0.3 is 0 Å². The van der Waals surface area contributed by atoms with Crippen molar-refractivity contribution in [1.82, 2.24) is 4.90 Å². The topological polar surface area (TPSA) is 29.3 Å². The lowest BCUT2D eigenvalue weighted by atomic mass is 9.84. The van der Waals surface area contributed by atoms with Crippen LogP contribution in [-0.2, 0) is 0 Å². The molecular formula is C13H26N2S. The Labute approximate surface area is 106 Å². The van der Waals surface area contributed by atoms with E-state index in [0.717, 1.165) is 24.7 Å². The molecule has 1 aliphatic heterocycles. The standard InChI is InChI=1S/C13H26N2S/c1-5-12(7-13(14)16)15-8-9(2)6-10(3)11(15)4/h9-12H,5-8H2,1-4H3,(H2,14,16). The van der Waals surface area contributed by atoms with Crippen molar-refractivity contribution in [2.45, 2.75) is 59.0 Å². The highest BCUT2D eigenvalue weighted by atomic mass is 32.1. The first-order chi connectivity index (χ1) is 7.45. The summed E-state index contributed by atoms with van der Waals surface area (Å²) in [6.45, 7) is 10.5. The van der Waals surface area contributed by atoms with E-state index in [0.29, 0.717) is 17.1 Å². The third-order valence-electron chi connectivity index (χ3n) is 4.02. The zero-order valence-electron chi connectivity index (χ0n) is 11.1. The Hall–Kier alpha value is -0.150. The number of rotatable bonds is 4. The van der Waals surface area contributed by atoms with Gasteiger partial charge in [0, 0.05) is 25.0 Å². The molecule has 94 valence electrons. The fourth-order valence-corrected chi connectivity index (χ4v) is 3.16. The van der Waals surface area contributed by atoms with Crippen LogP contribution in [0, 0.1) is 11.8 Å². The summed E-state index contributed by atoms with van der Waals surface area (Å²) in [5, 5.41) is 0. The molecule has 0 saturated carbocycles. The van der Waals surface area contributed by atoms with Crippen molar-refractivity contribution in [3.05, 3.63) is 0 Å². The second-order valence-corrected chi connectivity index (χ2v) is 6.01. The number of piperidine rings is 1. The predicted octanol–water partition coefficient (Wildman–Crippen LogP) is 2.81. The molecule has 1 heterocycles. The van der Waals surface area contributed by atoms with Crippen molar-refractivity contribution in [3.8, 4) is 0 Å². The summed E-state index contributed by atoms with van der Waals surface area (Å²) >= 11 is 5.06. The van der Waals surface area contributed by atoms with Gasteiger partial charge in [0.1, 0.15) is 0 Å². The van der Waals surface area contributed by atoms with Crippen LogP contribution in [0.3, 0.4) is 0 Å². The van der Waals surface area contributed by atoms with Crippen LogP contribution in [-0.4, -0.2) is 28.5 Å². The van der Waals surface area contributed by atoms with E-state index in [-0.39, 0.29) is 0 Å². The summed E-state index contributed by atoms with van der Waals surface area (Å²) in [6.07, 6.45) is 3.36. The Morgan fingerprint density at radius 2 is 2.06 bits per heavy atom. The van der Waals surface area contributed by atoms with Crippen molar-refractivity contribution in [2.24, 2.45) is 17.6 Å². The number of thiocarbonyl (C=S) groups is 1. The van der Waals surface area contributed by atoms with Gasteiger partial charge in [0.2, 0.25) is 0 Å². The van der Waals surface area contributed by atoms with Crippen LogP contribution in [0.4, 0.5) is 0 Å². The lowest BCUT2D eigenvalue weighted by Crippen LogP contribution is -2.51. The third-order valence-corrected chi connectivity index (χ3v) is 4.19. The largest absolute Gasteiger partial charge is 0.393 e. The molecular weight excluding hydrogens is 216 g/mol. The predicted molar refractivity (Wildman–Crippen MR) is 74.6 cm³/mol. The van der Waals surface area contributed by atoms with E-state index in [2.05, 4.69) is 32.6 Å². The van der Waals surface area contributed by atoms with Gasteiger partial charge in [-0.2, -0.15) is 0 Å². The smallest absolute Gasteiger partial charge is 0.0743 e. The average molecular weight is 242 g/mol. The first kappa shape index (κ1) is 13.9. The van der Waals surface area contributed by atoms with Gasteiger partial charge in [0.25, 0.3) is 0 Å². The number of likely N-dealkylation sites (tertiary alicyclic amines) is 1. The molecule has 0 bridgehead atoms. The van der Waals surface area contributed by atoms with Crippen molar-refractivity contribution in [2.75, 3.05) is 6.54 Å². The third kappa shape index (κ3) is 3.42. The summed E-state index contributed by atoms with van der Waals surface area (Å²) in [5.74, 6) is 1.58. The summed E-state index contributed by atoms with van der Waals surface area (Å²) < 4.78 is 0. The molecule has 0 aromatic carbocycles. The van der Waals surface area contributed by atoms with Crippen LogP contribution in [0.2, 0.25) is 0 Å². The monoisotopic (exact) mass is 242 g/mol. The van der Waals surface area contributed by atoms with Gasteiger partial charge in [-0.15, -0.1) is 0 Å². The minimum absolute atomic E-state index is 0.540. The quantitative estimate of drug-likeness (QED) is 0.769. The molecule has 1 fully saturated rings. The van der Waals surface area contributed by atoms with Crippen molar-refractivity contribution >= 4 is 17.2 Å². The highest BCUT2D eigenvalue weighted by Crippen LogP contribution is 2.30. The van der Waals surface area contributed by atoms with Crippen molar-refractivity contribution in [1.29, 1.82) is 0 Å². The van der Waals surface area contributed by atoms with Gasteiger partial charge in [0.15, 0.2) is 0 Å². The van der Waals surface area contributed by atoms with Crippen LogP contribution in [0.25, 0.3) is 0 Å². The maximum Gasteiger partial charge on any atom is 0.0743 e. The molecule has 1 saturated heterocycles. The van der Waals surface area contributed by atoms with Crippen molar-refractivity contribution < 1.29 is 0 Å². The van der Waals surface area contributed by atoms with Gasteiger partial charge in [0.05, 0.1) is 4.99 Å². The normalized spacial score (nSPS) is 33.6. The zero-order valence-corrected chi connectivity index (χ0v) is 11.9. The molecule has 1 aliphatic rings. The summed E-state index contributed by atoms with van der Waals surface area (Å²) in [5.41, 5.74) is 5.70. The molecule has 0 spiro atoms. The Morgan fingerprint density at radius 3 is 2.56 bits per heavy atom. The van der Waals surface area contributed by atoms with Gasteiger partial charge in [-0.1, -0.05) is 33.0 Å². The van der Waals surface area contributed by atoms with Crippen LogP contribution in [0.15, 0.2) is 0 Å². The van der Waals surface area contributed by atoms with Crippen LogP contribution in [0.5, 0.6) is 0 Å². The van der Waals surface area contributed by atoms with Crippen LogP contribution >= 0.6 is 12.2 Å². The molecule has 0 aromatic heterocycles. The molecule has 0 amide bonds. The van der Waals surface area contributed by atoms with E-state index in [1.807, 2.05) is 0 Å². The maximum absolute atomic E-state index is 5.70. The van der Waals surface area contributed by atoms with Crippen molar-refractivity contribution in [3.63, 3.8) is 0 Å². The molecule has 0 aromatic rings. The van der Waals surface area contributed by atoms with E-state index in [9.17, 15) is 0 Å². The molecule has 2 N–H and O–H groups in total. The van der Waals surface area contributed by atoms with Crippen LogP contribution in [0.1, 0.15) is 47.0 Å². The molecule has 4 atom stereocenters. The zero-order chi connectivity index (χ0) is 12.3. The van der Waals surface area contributed by atoms with Gasteiger partial charge < -0.3 is 5.73 Å². The number of hydrogen-bond donors (Lipinski definition) is 1. The number of nitrogens with zero attached hydrogens (tertiary/aromatic N) is 1. The van der Waals surface area contributed by atoms with Crippen LogP contribution < -0.4 is 5.73 Å².